The van der Waals surface area contributed by atoms with Gasteiger partial charge >= 0.3 is 0 Å². The molecule has 1 fully saturated rings. The summed E-state index contributed by atoms with van der Waals surface area (Å²) in [5.41, 5.74) is 3.61. The number of carbonyl (C=O) groups excluding carboxylic acids is 3. The number of likely N-dealkylation sites (N-methyl/N-ethyl adjacent to an activating group) is 1. The van der Waals surface area contributed by atoms with Crippen LogP contribution in [0.1, 0.15) is 17.5 Å². The summed E-state index contributed by atoms with van der Waals surface area (Å²) in [6.07, 6.45) is 0.160. The smallest absolute Gasteiger partial charge is 0.255 e. The molecule has 1 saturated carbocycles. The van der Waals surface area contributed by atoms with Crippen molar-refractivity contribution in [1.29, 1.82) is 0 Å². The number of aliphatic hydroxyl groups excluding tert-OH is 2. The first-order valence-corrected chi connectivity index (χ1v) is 15.4. The second-order valence-electron chi connectivity index (χ2n) is 12.6. The molecular weight excluding hydrogens is 622 g/mol. The molecule has 12 nitrogen and oxygen atoms in total. The zero-order chi connectivity index (χ0) is 34.1. The van der Waals surface area contributed by atoms with Gasteiger partial charge in [0.2, 0.25) is 5.78 Å². The molecule has 0 aromatic heterocycles. The molecule has 3 aliphatic rings. The number of ketones is 2. The molecule has 0 radical (unpaired) electrons. The number of thiocarbonyl (C=S) groups is 1. The zero-order valence-electron chi connectivity index (χ0n) is 26.2. The van der Waals surface area contributed by atoms with Gasteiger partial charge in [0.05, 0.1) is 17.3 Å². The Kier molecular flexibility index (Phi) is 7.74. The molecule has 3 aromatic rings. The number of amides is 1. The number of aromatic hydroxyl groups is 1. The molecule has 0 spiro atoms. The van der Waals surface area contributed by atoms with Crippen molar-refractivity contribution in [2.24, 2.45) is 17.6 Å². The van der Waals surface area contributed by atoms with Gasteiger partial charge in [0.25, 0.3) is 5.91 Å². The molecule has 8 N–H and O–H groups in total. The largest absolute Gasteiger partial charge is 0.508 e. The van der Waals surface area contributed by atoms with Crippen LogP contribution >= 0.6 is 12.2 Å². The lowest BCUT2D eigenvalue weighted by Gasteiger charge is -2.50. The molecule has 244 valence electrons. The SMILES string of the molecule is CN(C)c1cc(NC(=S)Nc2cccc3ccccc23)c(O)c2c1CC1CC3[C@H](N(C)C)C(=O)C(C(N)=O)=C(O)[C@@]3(O)C(=O)C1=C2O. The number of aliphatic hydroxyl groups is 3. The Labute approximate surface area is 275 Å². The topological polar surface area (TPSA) is 189 Å². The van der Waals surface area contributed by atoms with Gasteiger partial charge in [0.1, 0.15) is 22.8 Å². The summed E-state index contributed by atoms with van der Waals surface area (Å²) >= 11 is 5.60. The molecule has 0 saturated heterocycles. The minimum atomic E-state index is -2.72. The second-order valence-corrected chi connectivity index (χ2v) is 13.0. The summed E-state index contributed by atoms with van der Waals surface area (Å²) in [6.45, 7) is 0. The molecule has 2 unspecified atom stereocenters. The van der Waals surface area contributed by atoms with Crippen LogP contribution in [0.3, 0.4) is 0 Å². The Morgan fingerprint density at radius 2 is 1.66 bits per heavy atom. The number of hydrogen-bond acceptors (Lipinski definition) is 10. The van der Waals surface area contributed by atoms with Gasteiger partial charge in [0.15, 0.2) is 16.5 Å². The molecule has 0 bridgehead atoms. The molecule has 47 heavy (non-hydrogen) atoms. The number of rotatable bonds is 5. The Morgan fingerprint density at radius 1 is 1.00 bits per heavy atom. The van der Waals surface area contributed by atoms with Gasteiger partial charge in [-0.3, -0.25) is 19.3 Å². The lowest BCUT2D eigenvalue weighted by atomic mass is 9.57. The first kappa shape index (κ1) is 32.0. The number of fused-ring (bicyclic) bond motifs is 4. The van der Waals surface area contributed by atoms with Gasteiger partial charge in [-0.15, -0.1) is 0 Å². The van der Waals surface area contributed by atoms with Crippen molar-refractivity contribution in [3.63, 3.8) is 0 Å². The molecule has 6 rings (SSSR count). The summed E-state index contributed by atoms with van der Waals surface area (Å²) in [4.78, 5) is 43.1. The minimum Gasteiger partial charge on any atom is -0.508 e. The van der Waals surface area contributed by atoms with Crippen molar-refractivity contribution in [2.75, 3.05) is 43.7 Å². The summed E-state index contributed by atoms with van der Waals surface area (Å²) in [5, 5.41) is 54.6. The van der Waals surface area contributed by atoms with Crippen molar-refractivity contribution in [3.8, 4) is 5.75 Å². The van der Waals surface area contributed by atoms with Crippen molar-refractivity contribution in [3.05, 3.63) is 76.6 Å². The average Bonchev–Trinajstić information content (AvgIpc) is 3.00. The van der Waals surface area contributed by atoms with E-state index in [1.165, 1.54) is 4.90 Å². The highest BCUT2D eigenvalue weighted by Crippen LogP contribution is 2.54. The van der Waals surface area contributed by atoms with E-state index in [1.807, 2.05) is 42.5 Å². The van der Waals surface area contributed by atoms with Gasteiger partial charge in [-0.2, -0.15) is 0 Å². The van der Waals surface area contributed by atoms with Crippen LogP contribution in [0, 0.1) is 11.8 Å². The number of benzene rings is 3. The number of nitrogens with one attached hydrogen (secondary N) is 2. The molecule has 1 amide bonds. The van der Waals surface area contributed by atoms with Crippen LogP contribution < -0.4 is 21.3 Å². The number of nitrogens with two attached hydrogens (primary N) is 1. The van der Waals surface area contributed by atoms with E-state index in [-0.39, 0.29) is 40.5 Å². The van der Waals surface area contributed by atoms with E-state index < -0.39 is 58.0 Å². The van der Waals surface area contributed by atoms with Gasteiger partial charge < -0.3 is 41.7 Å². The summed E-state index contributed by atoms with van der Waals surface area (Å²) in [6, 6.07) is 14.0. The van der Waals surface area contributed by atoms with Crippen LogP contribution in [0.5, 0.6) is 5.75 Å². The molecule has 0 aliphatic heterocycles. The van der Waals surface area contributed by atoms with Crippen LogP contribution in [-0.4, -0.2) is 87.7 Å². The van der Waals surface area contributed by atoms with Crippen molar-refractivity contribution in [1.82, 2.24) is 4.90 Å². The predicted octanol–water partition coefficient (Wildman–Crippen LogP) is 2.99. The van der Waals surface area contributed by atoms with Crippen molar-refractivity contribution in [2.45, 2.75) is 24.5 Å². The first-order valence-electron chi connectivity index (χ1n) is 14.9. The Morgan fingerprint density at radius 3 is 2.32 bits per heavy atom. The van der Waals surface area contributed by atoms with E-state index in [4.69, 9.17) is 18.0 Å². The predicted molar refractivity (Wildman–Crippen MR) is 182 cm³/mol. The number of hydrogen-bond donors (Lipinski definition) is 7. The molecule has 13 heteroatoms. The first-order chi connectivity index (χ1) is 22.2. The summed E-state index contributed by atoms with van der Waals surface area (Å²) < 4.78 is 0. The summed E-state index contributed by atoms with van der Waals surface area (Å²) in [5.74, 6) is -7.11. The van der Waals surface area contributed by atoms with Gasteiger partial charge in [0, 0.05) is 42.3 Å². The number of phenolic OH excluding ortho intramolecular Hbond substituents is 1. The Balaban J connectivity index is 1.45. The zero-order valence-corrected chi connectivity index (χ0v) is 27.0. The van der Waals surface area contributed by atoms with E-state index in [1.54, 1.807) is 39.2 Å². The normalized spacial score (nSPS) is 23.7. The number of carbonyl (C=O) groups is 3. The van der Waals surface area contributed by atoms with Crippen LogP contribution in [0.15, 0.2) is 65.4 Å². The fourth-order valence-electron chi connectivity index (χ4n) is 7.40. The number of nitrogens with zero attached hydrogens (tertiary/aromatic N) is 2. The highest BCUT2D eigenvalue weighted by molar-refractivity contribution is 7.80. The molecule has 4 atom stereocenters. The molecule has 3 aromatic carbocycles. The fraction of sp³-hybridized carbons (Fsp3) is 0.294. The maximum Gasteiger partial charge on any atom is 0.255 e. The number of phenols is 1. The third kappa shape index (κ3) is 4.80. The van der Waals surface area contributed by atoms with Crippen LogP contribution in [0.25, 0.3) is 16.5 Å². The van der Waals surface area contributed by atoms with Gasteiger partial charge in [-0.05, 0) is 68.2 Å². The van der Waals surface area contributed by atoms with Crippen molar-refractivity contribution < 1.29 is 34.8 Å². The Hall–Kier alpha value is -4.98. The highest BCUT2D eigenvalue weighted by atomic mass is 32.1. The van der Waals surface area contributed by atoms with E-state index in [0.717, 1.165) is 16.5 Å². The minimum absolute atomic E-state index is 0.00156. The molecule has 0 heterocycles. The maximum atomic E-state index is 14.2. The maximum absolute atomic E-state index is 14.2. The van der Waals surface area contributed by atoms with E-state index in [2.05, 4.69) is 10.6 Å². The van der Waals surface area contributed by atoms with E-state index >= 15 is 0 Å². The average molecular weight is 658 g/mol. The summed E-state index contributed by atoms with van der Waals surface area (Å²) in [7, 11) is 6.70. The quantitative estimate of drug-likeness (QED) is 0.121. The third-order valence-electron chi connectivity index (χ3n) is 9.47. The van der Waals surface area contributed by atoms with Crippen LogP contribution in [0.4, 0.5) is 17.1 Å². The van der Waals surface area contributed by atoms with Gasteiger partial charge in [-0.1, -0.05) is 36.4 Å². The fourth-order valence-corrected chi connectivity index (χ4v) is 7.62. The molecular formula is C34H35N5O7S. The standard InChI is InChI=1S/C34H35N5O7S/c1-38(2)22-14-21(37-33(47)36-20-11-7-9-15-8-5-6-10-17(15)20)27(40)24-18(22)12-16-13-19-26(39(3)4)29(42)25(32(35)45)31(44)34(19,46)30(43)23(16)28(24)41/h5-11,14,16,19,26,40-41,44,46H,12-13H2,1-4H3,(H2,35,45)(H2,36,37,47)/t16?,19?,26-,34-/m0/s1. The van der Waals surface area contributed by atoms with Crippen LogP contribution in [0.2, 0.25) is 0 Å². The number of primary amides is 1. The number of anilines is 3. The lowest BCUT2D eigenvalue weighted by Crippen LogP contribution is -2.65. The van der Waals surface area contributed by atoms with Gasteiger partial charge in [-0.25, -0.2) is 0 Å². The third-order valence-corrected chi connectivity index (χ3v) is 9.67. The lowest BCUT2D eigenvalue weighted by molar-refractivity contribution is -0.153. The van der Waals surface area contributed by atoms with Crippen molar-refractivity contribution >= 4 is 68.4 Å². The number of Topliss-reactive ketones (excluding diaryl/α,β-unsaturated/α-hetero) is 2. The second kappa shape index (κ2) is 11.4. The van der Waals surface area contributed by atoms with E-state index in [0.29, 0.717) is 11.3 Å². The highest BCUT2D eigenvalue weighted by Gasteiger charge is 2.64. The Bertz CT molecular complexity index is 1960. The molecule has 3 aliphatic carbocycles. The monoisotopic (exact) mass is 657 g/mol. The van der Waals surface area contributed by atoms with E-state index in [9.17, 15) is 34.8 Å². The van der Waals surface area contributed by atoms with Crippen LogP contribution in [-0.2, 0) is 20.8 Å².